The Bertz CT molecular complexity index is 334. The molecule has 1 aromatic rings. The van der Waals surface area contributed by atoms with Crippen LogP contribution in [0, 0.1) is 0 Å². The molecule has 0 spiro atoms. The molecule has 0 radical (unpaired) electrons. The van der Waals surface area contributed by atoms with Crippen LogP contribution in [0.5, 0.6) is 0 Å². The predicted molar refractivity (Wildman–Crippen MR) is 68.8 cm³/mol. The summed E-state index contributed by atoms with van der Waals surface area (Å²) in [6.07, 6.45) is 0.603. The average molecular weight is 221 g/mol. The maximum atomic E-state index is 10.1. The van der Waals surface area contributed by atoms with Gasteiger partial charge in [-0.3, -0.25) is 0 Å². The van der Waals surface area contributed by atoms with Gasteiger partial charge in [0.15, 0.2) is 0 Å². The van der Waals surface area contributed by atoms with Gasteiger partial charge in [0.05, 0.1) is 6.10 Å². The van der Waals surface area contributed by atoms with Crippen LogP contribution in [-0.2, 0) is 6.42 Å². The standard InChI is InChI=1S/C14H23NO/c1-5-11-6-7-12(10(2)3)13(8-11)14(16)9-15-4/h6-8,10,14-16H,5,9H2,1-4H3. The number of benzene rings is 1. The van der Waals surface area contributed by atoms with Crippen molar-refractivity contribution in [3.8, 4) is 0 Å². The van der Waals surface area contributed by atoms with Crippen molar-refractivity contribution >= 4 is 0 Å². The lowest BCUT2D eigenvalue weighted by Gasteiger charge is -2.19. The highest BCUT2D eigenvalue weighted by molar-refractivity contribution is 5.36. The lowest BCUT2D eigenvalue weighted by atomic mass is 9.91. The van der Waals surface area contributed by atoms with Crippen molar-refractivity contribution < 1.29 is 5.11 Å². The van der Waals surface area contributed by atoms with Gasteiger partial charge in [0.1, 0.15) is 0 Å². The van der Waals surface area contributed by atoms with Crippen LogP contribution in [0.2, 0.25) is 0 Å². The Labute approximate surface area is 98.7 Å². The molecule has 0 saturated carbocycles. The first-order valence-electron chi connectivity index (χ1n) is 6.05. The van der Waals surface area contributed by atoms with Gasteiger partial charge in [0.2, 0.25) is 0 Å². The fourth-order valence-corrected chi connectivity index (χ4v) is 1.96. The predicted octanol–water partition coefficient (Wildman–Crippen LogP) is 2.63. The van der Waals surface area contributed by atoms with Gasteiger partial charge in [-0.25, -0.2) is 0 Å². The summed E-state index contributed by atoms with van der Waals surface area (Å²) in [4.78, 5) is 0. The minimum Gasteiger partial charge on any atom is -0.387 e. The minimum atomic E-state index is -0.408. The summed E-state index contributed by atoms with van der Waals surface area (Å²) in [5.74, 6) is 0.451. The summed E-state index contributed by atoms with van der Waals surface area (Å²) in [5.41, 5.74) is 3.61. The molecule has 2 heteroatoms. The van der Waals surface area contributed by atoms with Gasteiger partial charge in [0.25, 0.3) is 0 Å². The Morgan fingerprint density at radius 2 is 1.94 bits per heavy atom. The lowest BCUT2D eigenvalue weighted by Crippen LogP contribution is -2.18. The van der Waals surface area contributed by atoms with Gasteiger partial charge in [-0.05, 0) is 36.1 Å². The van der Waals surface area contributed by atoms with Crippen LogP contribution in [0.1, 0.15) is 49.5 Å². The highest BCUT2D eigenvalue weighted by Gasteiger charge is 2.14. The molecule has 0 heterocycles. The smallest absolute Gasteiger partial charge is 0.0917 e. The van der Waals surface area contributed by atoms with Gasteiger partial charge in [-0.1, -0.05) is 39.0 Å². The summed E-state index contributed by atoms with van der Waals surface area (Å²) in [6, 6.07) is 6.44. The Hall–Kier alpha value is -0.860. The zero-order valence-corrected chi connectivity index (χ0v) is 10.7. The number of aliphatic hydroxyl groups excluding tert-OH is 1. The molecule has 1 rings (SSSR count). The maximum absolute atomic E-state index is 10.1. The first kappa shape index (κ1) is 13.2. The van der Waals surface area contributed by atoms with Gasteiger partial charge in [0, 0.05) is 6.54 Å². The molecule has 1 aromatic carbocycles. The molecule has 1 unspecified atom stereocenters. The largest absolute Gasteiger partial charge is 0.387 e. The molecule has 1 atom stereocenters. The van der Waals surface area contributed by atoms with Crippen molar-refractivity contribution in [2.45, 2.75) is 39.2 Å². The molecular formula is C14H23NO. The second kappa shape index (κ2) is 6.02. The normalized spacial score (nSPS) is 13.1. The van der Waals surface area contributed by atoms with Crippen molar-refractivity contribution in [3.63, 3.8) is 0 Å². The molecular weight excluding hydrogens is 198 g/mol. The summed E-state index contributed by atoms with van der Waals surface area (Å²) in [7, 11) is 1.86. The number of rotatable bonds is 5. The molecule has 2 nitrogen and oxygen atoms in total. The average Bonchev–Trinajstić information content (AvgIpc) is 2.28. The first-order valence-corrected chi connectivity index (χ1v) is 6.05. The van der Waals surface area contributed by atoms with Crippen molar-refractivity contribution in [3.05, 3.63) is 34.9 Å². The molecule has 0 aliphatic rings. The number of hydrogen-bond donors (Lipinski definition) is 2. The van der Waals surface area contributed by atoms with Gasteiger partial charge >= 0.3 is 0 Å². The monoisotopic (exact) mass is 221 g/mol. The zero-order valence-electron chi connectivity index (χ0n) is 10.7. The van der Waals surface area contributed by atoms with Crippen molar-refractivity contribution in [1.29, 1.82) is 0 Å². The Balaban J connectivity index is 3.09. The van der Waals surface area contributed by atoms with E-state index in [4.69, 9.17) is 0 Å². The van der Waals surface area contributed by atoms with Crippen LogP contribution < -0.4 is 5.32 Å². The number of aryl methyl sites for hydroxylation is 1. The SMILES string of the molecule is CCc1ccc(C(C)C)c(C(O)CNC)c1. The van der Waals surface area contributed by atoms with E-state index >= 15 is 0 Å². The molecule has 0 bridgehead atoms. The Morgan fingerprint density at radius 3 is 2.44 bits per heavy atom. The number of hydrogen-bond acceptors (Lipinski definition) is 2. The Morgan fingerprint density at radius 1 is 1.25 bits per heavy atom. The molecule has 16 heavy (non-hydrogen) atoms. The third-order valence-corrected chi connectivity index (χ3v) is 2.94. The first-order chi connectivity index (χ1) is 7.60. The summed E-state index contributed by atoms with van der Waals surface area (Å²) >= 11 is 0. The second-order valence-electron chi connectivity index (χ2n) is 4.54. The minimum absolute atomic E-state index is 0.408. The quantitative estimate of drug-likeness (QED) is 0.801. The molecule has 90 valence electrons. The van der Waals surface area contributed by atoms with E-state index in [1.165, 1.54) is 11.1 Å². The third-order valence-electron chi connectivity index (χ3n) is 2.94. The number of aliphatic hydroxyl groups is 1. The van der Waals surface area contributed by atoms with E-state index < -0.39 is 6.10 Å². The molecule has 2 N–H and O–H groups in total. The van der Waals surface area contributed by atoms with Crippen molar-refractivity contribution in [2.75, 3.05) is 13.6 Å². The van der Waals surface area contributed by atoms with Crippen LogP contribution in [0.4, 0.5) is 0 Å². The molecule has 0 aromatic heterocycles. The van der Waals surface area contributed by atoms with E-state index in [1.54, 1.807) is 0 Å². The summed E-state index contributed by atoms with van der Waals surface area (Å²) in [6.45, 7) is 7.07. The van der Waals surface area contributed by atoms with Crippen LogP contribution in [-0.4, -0.2) is 18.7 Å². The van der Waals surface area contributed by atoms with Crippen LogP contribution in [0.3, 0.4) is 0 Å². The van der Waals surface area contributed by atoms with Crippen LogP contribution in [0.25, 0.3) is 0 Å². The van der Waals surface area contributed by atoms with E-state index in [0.29, 0.717) is 12.5 Å². The number of nitrogens with one attached hydrogen (secondary N) is 1. The highest BCUT2D eigenvalue weighted by atomic mass is 16.3. The molecule has 0 saturated heterocycles. The molecule has 0 aliphatic carbocycles. The fraction of sp³-hybridized carbons (Fsp3) is 0.571. The van der Waals surface area contributed by atoms with Gasteiger partial charge < -0.3 is 10.4 Å². The van der Waals surface area contributed by atoms with Crippen LogP contribution >= 0.6 is 0 Å². The third kappa shape index (κ3) is 3.06. The maximum Gasteiger partial charge on any atom is 0.0917 e. The summed E-state index contributed by atoms with van der Waals surface area (Å²) < 4.78 is 0. The molecule has 0 fully saturated rings. The van der Waals surface area contributed by atoms with E-state index in [2.05, 4.69) is 44.3 Å². The van der Waals surface area contributed by atoms with Gasteiger partial charge in [-0.15, -0.1) is 0 Å². The van der Waals surface area contributed by atoms with E-state index in [-0.39, 0.29) is 0 Å². The van der Waals surface area contributed by atoms with Crippen molar-refractivity contribution in [1.82, 2.24) is 5.32 Å². The van der Waals surface area contributed by atoms with Crippen LogP contribution in [0.15, 0.2) is 18.2 Å². The number of likely N-dealkylation sites (N-methyl/N-ethyl adjacent to an activating group) is 1. The fourth-order valence-electron chi connectivity index (χ4n) is 1.96. The molecule has 0 aliphatic heterocycles. The highest BCUT2D eigenvalue weighted by Crippen LogP contribution is 2.26. The zero-order chi connectivity index (χ0) is 12.1. The van der Waals surface area contributed by atoms with Crippen molar-refractivity contribution in [2.24, 2.45) is 0 Å². The lowest BCUT2D eigenvalue weighted by molar-refractivity contribution is 0.176. The van der Waals surface area contributed by atoms with E-state index in [1.807, 2.05) is 7.05 Å². The second-order valence-corrected chi connectivity index (χ2v) is 4.54. The molecule has 0 amide bonds. The van der Waals surface area contributed by atoms with E-state index in [0.717, 1.165) is 12.0 Å². The summed E-state index contributed by atoms with van der Waals surface area (Å²) in [5, 5.41) is 13.1. The Kier molecular flexibility index (Phi) is 4.97. The van der Waals surface area contributed by atoms with E-state index in [9.17, 15) is 5.11 Å². The topological polar surface area (TPSA) is 32.3 Å². The van der Waals surface area contributed by atoms with Gasteiger partial charge in [-0.2, -0.15) is 0 Å².